The Labute approximate surface area is 138 Å². The number of carbonyl (C=O) groups is 2. The molecule has 0 radical (unpaired) electrons. The van der Waals surface area contributed by atoms with E-state index in [2.05, 4.69) is 13.8 Å². The van der Waals surface area contributed by atoms with Crippen LogP contribution in [0.3, 0.4) is 0 Å². The van der Waals surface area contributed by atoms with Gasteiger partial charge in [-0.3, -0.25) is 9.59 Å². The van der Waals surface area contributed by atoms with Crippen LogP contribution < -0.4 is 4.74 Å². The summed E-state index contributed by atoms with van der Waals surface area (Å²) >= 11 is 0. The Balaban J connectivity index is 1.88. The fraction of sp³-hybridized carbons (Fsp3) is 0.556. The van der Waals surface area contributed by atoms with Crippen molar-refractivity contribution in [3.8, 4) is 5.75 Å². The molecule has 23 heavy (non-hydrogen) atoms. The quantitative estimate of drug-likeness (QED) is 0.838. The molecule has 1 saturated heterocycles. The van der Waals surface area contributed by atoms with E-state index in [9.17, 15) is 9.59 Å². The molecule has 0 atom stereocenters. The predicted molar refractivity (Wildman–Crippen MR) is 89.5 cm³/mol. The highest BCUT2D eigenvalue weighted by Crippen LogP contribution is 2.16. The first-order valence-electron chi connectivity index (χ1n) is 8.22. The molecule has 0 unspecified atom stereocenters. The van der Waals surface area contributed by atoms with Crippen molar-refractivity contribution in [3.63, 3.8) is 0 Å². The van der Waals surface area contributed by atoms with Crippen molar-refractivity contribution in [3.05, 3.63) is 29.8 Å². The van der Waals surface area contributed by atoms with Crippen molar-refractivity contribution < 1.29 is 14.3 Å². The van der Waals surface area contributed by atoms with Crippen LogP contribution in [-0.2, 0) is 4.79 Å². The lowest BCUT2D eigenvalue weighted by atomic mass is 10.1. The Morgan fingerprint density at radius 2 is 1.78 bits per heavy atom. The maximum atomic E-state index is 12.5. The molecule has 5 nitrogen and oxygen atoms in total. The van der Waals surface area contributed by atoms with E-state index in [-0.39, 0.29) is 11.8 Å². The van der Waals surface area contributed by atoms with Crippen molar-refractivity contribution in [2.45, 2.75) is 26.7 Å². The minimum absolute atomic E-state index is 0.00169. The highest BCUT2D eigenvalue weighted by molar-refractivity contribution is 5.94. The van der Waals surface area contributed by atoms with E-state index in [0.29, 0.717) is 49.8 Å². The minimum Gasteiger partial charge on any atom is -0.497 e. The lowest BCUT2D eigenvalue weighted by Gasteiger charge is -2.35. The Morgan fingerprint density at radius 1 is 1.13 bits per heavy atom. The highest BCUT2D eigenvalue weighted by atomic mass is 16.5. The molecule has 0 saturated carbocycles. The maximum Gasteiger partial charge on any atom is 0.254 e. The van der Waals surface area contributed by atoms with Gasteiger partial charge >= 0.3 is 0 Å². The van der Waals surface area contributed by atoms with Crippen LogP contribution in [0.25, 0.3) is 0 Å². The van der Waals surface area contributed by atoms with Gasteiger partial charge in [0.05, 0.1) is 7.11 Å². The number of ether oxygens (including phenoxy) is 1. The van der Waals surface area contributed by atoms with E-state index in [1.807, 2.05) is 17.0 Å². The van der Waals surface area contributed by atoms with Crippen LogP contribution in [0.5, 0.6) is 5.75 Å². The highest BCUT2D eigenvalue weighted by Gasteiger charge is 2.24. The number of nitrogens with zero attached hydrogens (tertiary/aromatic N) is 2. The first kappa shape index (κ1) is 17.3. The smallest absolute Gasteiger partial charge is 0.254 e. The van der Waals surface area contributed by atoms with Crippen LogP contribution in [0.15, 0.2) is 24.3 Å². The number of piperazine rings is 1. The van der Waals surface area contributed by atoms with Gasteiger partial charge in [-0.15, -0.1) is 0 Å². The normalized spacial score (nSPS) is 15.0. The first-order valence-corrected chi connectivity index (χ1v) is 8.22. The maximum absolute atomic E-state index is 12.5. The van der Waals surface area contributed by atoms with Gasteiger partial charge in [0.1, 0.15) is 5.75 Å². The molecule has 0 spiro atoms. The number of benzene rings is 1. The summed E-state index contributed by atoms with van der Waals surface area (Å²) in [5, 5.41) is 0. The number of carbonyl (C=O) groups excluding carboxylic acids is 2. The largest absolute Gasteiger partial charge is 0.497 e. The fourth-order valence-electron chi connectivity index (χ4n) is 2.67. The van der Waals surface area contributed by atoms with Crippen LogP contribution >= 0.6 is 0 Å². The number of amides is 2. The monoisotopic (exact) mass is 318 g/mol. The van der Waals surface area contributed by atoms with Crippen LogP contribution in [0.2, 0.25) is 0 Å². The molecular weight excluding hydrogens is 292 g/mol. The standard InChI is InChI=1S/C18H26N2O3/c1-14(2)7-8-17(21)19-9-11-20(12-10-19)18(22)15-5-4-6-16(13-15)23-3/h4-6,13-14H,7-12H2,1-3H3. The topological polar surface area (TPSA) is 49.9 Å². The van der Waals surface area contributed by atoms with Crippen molar-refractivity contribution in [1.82, 2.24) is 9.80 Å². The molecule has 1 aliphatic heterocycles. The zero-order valence-corrected chi connectivity index (χ0v) is 14.2. The van der Waals surface area contributed by atoms with Crippen LogP contribution in [0, 0.1) is 5.92 Å². The van der Waals surface area contributed by atoms with E-state index >= 15 is 0 Å². The average Bonchev–Trinajstić information content (AvgIpc) is 2.59. The van der Waals surface area contributed by atoms with Gasteiger partial charge in [0.2, 0.25) is 5.91 Å². The summed E-state index contributed by atoms with van der Waals surface area (Å²) in [7, 11) is 1.59. The summed E-state index contributed by atoms with van der Waals surface area (Å²) < 4.78 is 5.16. The number of hydrogen-bond donors (Lipinski definition) is 0. The second-order valence-corrected chi connectivity index (χ2v) is 6.34. The van der Waals surface area contributed by atoms with Gasteiger partial charge in [-0.2, -0.15) is 0 Å². The molecule has 0 aromatic heterocycles. The van der Waals surface area contributed by atoms with Crippen molar-refractivity contribution >= 4 is 11.8 Å². The number of methoxy groups -OCH3 is 1. The van der Waals surface area contributed by atoms with E-state index in [1.54, 1.807) is 24.1 Å². The molecule has 5 heteroatoms. The van der Waals surface area contributed by atoms with Gasteiger partial charge in [-0.1, -0.05) is 19.9 Å². The molecule has 126 valence electrons. The zero-order chi connectivity index (χ0) is 16.8. The van der Waals surface area contributed by atoms with Gasteiger partial charge in [0.15, 0.2) is 0 Å². The molecule has 1 aromatic carbocycles. The third-order valence-electron chi connectivity index (χ3n) is 4.17. The molecule has 0 N–H and O–H groups in total. The number of hydrogen-bond acceptors (Lipinski definition) is 3. The van der Waals surface area contributed by atoms with Gasteiger partial charge in [0.25, 0.3) is 5.91 Å². The van der Waals surface area contributed by atoms with Crippen molar-refractivity contribution in [2.75, 3.05) is 33.3 Å². The molecule has 2 amide bonds. The van der Waals surface area contributed by atoms with Gasteiger partial charge in [0, 0.05) is 38.2 Å². The summed E-state index contributed by atoms with van der Waals surface area (Å²) in [6.07, 6.45) is 1.52. The van der Waals surface area contributed by atoms with E-state index in [4.69, 9.17) is 4.74 Å². The fourth-order valence-corrected chi connectivity index (χ4v) is 2.67. The van der Waals surface area contributed by atoms with Crippen molar-refractivity contribution in [1.29, 1.82) is 0 Å². The van der Waals surface area contributed by atoms with Gasteiger partial charge in [-0.05, 0) is 30.5 Å². The summed E-state index contributed by atoms with van der Waals surface area (Å²) in [5.74, 6) is 1.42. The summed E-state index contributed by atoms with van der Waals surface area (Å²) in [4.78, 5) is 28.3. The van der Waals surface area contributed by atoms with E-state index < -0.39 is 0 Å². The van der Waals surface area contributed by atoms with Crippen LogP contribution in [-0.4, -0.2) is 54.9 Å². The predicted octanol–water partition coefficient (Wildman–Crippen LogP) is 2.42. The minimum atomic E-state index is -0.00169. The van der Waals surface area contributed by atoms with Crippen LogP contribution in [0.4, 0.5) is 0 Å². The lowest BCUT2D eigenvalue weighted by Crippen LogP contribution is -2.50. The summed E-state index contributed by atoms with van der Waals surface area (Å²) in [5.41, 5.74) is 0.629. The number of rotatable bonds is 5. The molecule has 2 rings (SSSR count). The summed E-state index contributed by atoms with van der Waals surface area (Å²) in [6, 6.07) is 7.19. The van der Waals surface area contributed by atoms with Gasteiger partial charge < -0.3 is 14.5 Å². The molecule has 1 fully saturated rings. The molecule has 0 aliphatic carbocycles. The van der Waals surface area contributed by atoms with E-state index in [0.717, 1.165) is 6.42 Å². The zero-order valence-electron chi connectivity index (χ0n) is 14.2. The van der Waals surface area contributed by atoms with Crippen molar-refractivity contribution in [2.24, 2.45) is 5.92 Å². The molecule has 1 aromatic rings. The Morgan fingerprint density at radius 3 is 2.39 bits per heavy atom. The Hall–Kier alpha value is -2.04. The van der Waals surface area contributed by atoms with E-state index in [1.165, 1.54) is 0 Å². The molecular formula is C18H26N2O3. The lowest BCUT2D eigenvalue weighted by molar-refractivity contribution is -0.132. The summed E-state index contributed by atoms with van der Waals surface area (Å²) in [6.45, 7) is 6.65. The Kier molecular flexibility index (Phi) is 6.02. The SMILES string of the molecule is COc1cccc(C(=O)N2CCN(C(=O)CCC(C)C)CC2)c1. The molecule has 1 aliphatic rings. The third-order valence-corrected chi connectivity index (χ3v) is 4.17. The van der Waals surface area contributed by atoms with Crippen LogP contribution in [0.1, 0.15) is 37.0 Å². The third kappa shape index (κ3) is 4.71. The second kappa shape index (κ2) is 7.99. The second-order valence-electron chi connectivity index (χ2n) is 6.34. The average molecular weight is 318 g/mol. The molecule has 0 bridgehead atoms. The Bertz CT molecular complexity index is 549. The first-order chi connectivity index (χ1) is 11.0. The van der Waals surface area contributed by atoms with Gasteiger partial charge in [-0.25, -0.2) is 0 Å². The molecule has 1 heterocycles.